The number of rotatable bonds is 4. The van der Waals surface area contributed by atoms with E-state index in [4.69, 9.17) is 0 Å². The molecule has 0 atom stereocenters. The van der Waals surface area contributed by atoms with Gasteiger partial charge in [-0.05, 0) is 54.1 Å². The highest BCUT2D eigenvalue weighted by Crippen LogP contribution is 2.30. The van der Waals surface area contributed by atoms with E-state index in [9.17, 15) is 17.6 Å². The van der Waals surface area contributed by atoms with Crippen molar-refractivity contribution < 1.29 is 17.6 Å². The van der Waals surface area contributed by atoms with Gasteiger partial charge in [-0.25, -0.2) is 9.07 Å². The van der Waals surface area contributed by atoms with Gasteiger partial charge in [0.25, 0.3) is 0 Å². The zero-order chi connectivity index (χ0) is 20.4. The van der Waals surface area contributed by atoms with Crippen LogP contribution in [0.1, 0.15) is 5.56 Å². The van der Waals surface area contributed by atoms with Gasteiger partial charge in [0.15, 0.2) is 0 Å². The molecule has 4 aromatic rings. The maximum absolute atomic E-state index is 13.5. The zero-order valence-corrected chi connectivity index (χ0v) is 15.0. The molecule has 7 heteroatoms. The average Bonchev–Trinajstić information content (AvgIpc) is 3.11. The van der Waals surface area contributed by atoms with Crippen LogP contribution in [-0.2, 0) is 0 Å². The molecular formula is C22H15F4N3. The van der Waals surface area contributed by atoms with Crippen LogP contribution in [0.25, 0.3) is 22.7 Å². The van der Waals surface area contributed by atoms with Crippen LogP contribution in [0.5, 0.6) is 0 Å². The van der Waals surface area contributed by atoms with Crippen molar-refractivity contribution >= 4 is 22.7 Å². The van der Waals surface area contributed by atoms with E-state index in [1.807, 2.05) is 0 Å². The average molecular weight is 397 g/mol. The summed E-state index contributed by atoms with van der Waals surface area (Å²) in [7, 11) is 0. The predicted octanol–water partition coefficient (Wildman–Crippen LogP) is 6.18. The summed E-state index contributed by atoms with van der Waals surface area (Å²) in [6.07, 6.45) is -1.92. The molecule has 1 heterocycles. The summed E-state index contributed by atoms with van der Waals surface area (Å²) in [5.41, 5.74) is 1.21. The Morgan fingerprint density at radius 1 is 0.931 bits per heavy atom. The molecule has 0 bridgehead atoms. The summed E-state index contributed by atoms with van der Waals surface area (Å²) in [5.74, 6) is -0.360. The van der Waals surface area contributed by atoms with Crippen molar-refractivity contribution in [2.24, 2.45) is 0 Å². The first-order valence-corrected chi connectivity index (χ1v) is 8.75. The minimum atomic E-state index is -4.54. The van der Waals surface area contributed by atoms with E-state index < -0.39 is 11.9 Å². The summed E-state index contributed by atoms with van der Waals surface area (Å²) in [6.45, 7) is 0. The van der Waals surface area contributed by atoms with E-state index in [0.29, 0.717) is 22.2 Å². The minimum absolute atomic E-state index is 0.288. The Hall–Kier alpha value is -3.61. The lowest BCUT2D eigenvalue weighted by Gasteiger charge is -2.15. The van der Waals surface area contributed by atoms with Crippen LogP contribution in [0.2, 0.25) is 0 Å². The third-order valence-electron chi connectivity index (χ3n) is 4.33. The fourth-order valence-corrected chi connectivity index (χ4v) is 2.96. The summed E-state index contributed by atoms with van der Waals surface area (Å²) in [5, 5.41) is 7.38. The number of hydrogen-bond acceptors (Lipinski definition) is 2. The van der Waals surface area contributed by atoms with E-state index in [2.05, 4.69) is 10.4 Å². The van der Waals surface area contributed by atoms with E-state index in [0.717, 1.165) is 6.08 Å². The Bertz CT molecular complexity index is 1160. The zero-order valence-electron chi connectivity index (χ0n) is 15.0. The first-order chi connectivity index (χ1) is 13.9. The number of allylic oxidation sites excluding steroid dienone is 1. The van der Waals surface area contributed by atoms with Gasteiger partial charge in [-0.1, -0.05) is 30.3 Å². The minimum Gasteiger partial charge on any atom is -0.351 e. The third kappa shape index (κ3) is 4.13. The molecule has 0 saturated carbocycles. The van der Waals surface area contributed by atoms with Crippen LogP contribution in [0.4, 0.5) is 23.2 Å². The summed E-state index contributed by atoms with van der Waals surface area (Å²) in [6, 6.07) is 18.9. The van der Waals surface area contributed by atoms with Crippen LogP contribution in [0.15, 0.2) is 84.7 Å². The lowest BCUT2D eigenvalue weighted by atomic mass is 10.1. The van der Waals surface area contributed by atoms with Gasteiger partial charge in [0.2, 0.25) is 0 Å². The Labute approximate surface area is 163 Å². The molecular weight excluding hydrogens is 382 g/mol. The molecule has 3 nitrogen and oxygen atoms in total. The first kappa shape index (κ1) is 18.7. The maximum Gasteiger partial charge on any atom is 0.431 e. The number of aromatic nitrogens is 2. The quantitative estimate of drug-likeness (QED) is 0.417. The molecule has 0 aliphatic rings. The fourth-order valence-electron chi connectivity index (χ4n) is 2.96. The van der Waals surface area contributed by atoms with Gasteiger partial charge >= 0.3 is 6.18 Å². The molecule has 0 fully saturated rings. The highest BCUT2D eigenvalue weighted by Gasteiger charge is 2.34. The second-order valence-electron chi connectivity index (χ2n) is 6.40. The summed E-state index contributed by atoms with van der Waals surface area (Å²) >= 11 is 0. The molecule has 29 heavy (non-hydrogen) atoms. The lowest BCUT2D eigenvalue weighted by Crippen LogP contribution is -2.18. The summed E-state index contributed by atoms with van der Waals surface area (Å²) in [4.78, 5) is 0. The van der Waals surface area contributed by atoms with Crippen molar-refractivity contribution in [3.63, 3.8) is 0 Å². The van der Waals surface area contributed by atoms with Gasteiger partial charge in [0, 0.05) is 11.1 Å². The number of nitrogens with zero attached hydrogens (tertiary/aromatic N) is 2. The highest BCUT2D eigenvalue weighted by atomic mass is 19.4. The van der Waals surface area contributed by atoms with Gasteiger partial charge in [0.1, 0.15) is 11.5 Å². The van der Waals surface area contributed by atoms with E-state index in [-0.39, 0.29) is 11.5 Å². The van der Waals surface area contributed by atoms with Crippen molar-refractivity contribution in [1.82, 2.24) is 9.78 Å². The number of anilines is 1. The number of benzene rings is 3. The van der Waals surface area contributed by atoms with Crippen LogP contribution in [0, 0.1) is 5.82 Å². The van der Waals surface area contributed by atoms with E-state index >= 15 is 0 Å². The Morgan fingerprint density at radius 2 is 1.66 bits per heavy atom. The van der Waals surface area contributed by atoms with Crippen LogP contribution >= 0.6 is 0 Å². The Balaban J connectivity index is 1.67. The second kappa shape index (κ2) is 7.43. The van der Waals surface area contributed by atoms with Crippen LogP contribution < -0.4 is 5.32 Å². The molecule has 0 unspecified atom stereocenters. The number of alkyl halides is 3. The molecule has 0 saturated heterocycles. The van der Waals surface area contributed by atoms with E-state index in [1.54, 1.807) is 71.5 Å². The molecule has 146 valence electrons. The van der Waals surface area contributed by atoms with Gasteiger partial charge in [-0.2, -0.15) is 18.3 Å². The standard InChI is InChI=1S/C22H15F4N3/c23-17-6-9-19(10-7-17)29-20-11-8-18(13-16(20)14-27-29)28-21(22(24,25)26)12-15-4-2-1-3-5-15/h1-14,28H. The lowest BCUT2D eigenvalue weighted by molar-refractivity contribution is -0.0893. The second-order valence-corrected chi connectivity index (χ2v) is 6.40. The summed E-state index contributed by atoms with van der Waals surface area (Å²) < 4.78 is 55.2. The molecule has 0 amide bonds. The van der Waals surface area contributed by atoms with Crippen molar-refractivity contribution in [3.8, 4) is 5.69 Å². The normalized spacial score (nSPS) is 12.3. The number of fused-ring (bicyclic) bond motifs is 1. The van der Waals surface area contributed by atoms with Crippen molar-refractivity contribution in [2.45, 2.75) is 6.18 Å². The monoisotopic (exact) mass is 397 g/mol. The molecule has 4 rings (SSSR count). The molecule has 0 radical (unpaired) electrons. The van der Waals surface area contributed by atoms with E-state index in [1.165, 1.54) is 12.1 Å². The molecule has 0 spiro atoms. The maximum atomic E-state index is 13.5. The largest absolute Gasteiger partial charge is 0.431 e. The van der Waals surface area contributed by atoms with Gasteiger partial charge in [-0.3, -0.25) is 0 Å². The van der Waals surface area contributed by atoms with Crippen molar-refractivity contribution in [2.75, 3.05) is 5.32 Å². The van der Waals surface area contributed by atoms with Gasteiger partial charge in [0.05, 0.1) is 17.4 Å². The van der Waals surface area contributed by atoms with Crippen molar-refractivity contribution in [3.05, 3.63) is 96.1 Å². The van der Waals surface area contributed by atoms with Crippen molar-refractivity contribution in [1.29, 1.82) is 0 Å². The molecule has 1 N–H and O–H groups in total. The van der Waals surface area contributed by atoms with Crippen LogP contribution in [-0.4, -0.2) is 16.0 Å². The number of halogens is 4. The fraction of sp³-hybridized carbons (Fsp3) is 0.0455. The molecule has 0 aliphatic carbocycles. The highest BCUT2D eigenvalue weighted by molar-refractivity contribution is 5.84. The number of hydrogen-bond donors (Lipinski definition) is 1. The molecule has 3 aromatic carbocycles. The number of nitrogens with one attached hydrogen (secondary N) is 1. The first-order valence-electron chi connectivity index (χ1n) is 8.75. The Morgan fingerprint density at radius 3 is 2.34 bits per heavy atom. The predicted molar refractivity (Wildman–Crippen MR) is 105 cm³/mol. The molecule has 1 aromatic heterocycles. The molecule has 0 aliphatic heterocycles. The SMILES string of the molecule is Fc1ccc(-n2ncc3cc(NC(=Cc4ccccc4)C(F)(F)F)ccc32)cc1. The Kier molecular flexibility index (Phi) is 4.80. The van der Waals surface area contributed by atoms with Crippen LogP contribution in [0.3, 0.4) is 0 Å². The topological polar surface area (TPSA) is 29.9 Å². The van der Waals surface area contributed by atoms with Gasteiger partial charge in [-0.15, -0.1) is 0 Å². The smallest absolute Gasteiger partial charge is 0.351 e. The van der Waals surface area contributed by atoms with Gasteiger partial charge < -0.3 is 5.32 Å². The third-order valence-corrected chi connectivity index (χ3v) is 4.33.